The second-order valence-corrected chi connectivity index (χ2v) is 8.47. The third-order valence-corrected chi connectivity index (χ3v) is 6.24. The SMILES string of the molecule is COC(=O)c1c(NC(=S)Nc2cc([N+](=O)[O-])ccc2Cl)sc2c1CCC(C)C2. The zero-order chi connectivity index (χ0) is 20.4. The largest absolute Gasteiger partial charge is 0.465 e. The number of thiophene rings is 1. The van der Waals surface area contributed by atoms with Crippen molar-refractivity contribution in [2.75, 3.05) is 17.7 Å². The zero-order valence-corrected chi connectivity index (χ0v) is 17.6. The number of benzene rings is 1. The van der Waals surface area contributed by atoms with Crippen LogP contribution >= 0.6 is 35.2 Å². The first kappa shape index (κ1) is 20.5. The van der Waals surface area contributed by atoms with E-state index in [1.807, 2.05) is 0 Å². The molecule has 0 amide bonds. The van der Waals surface area contributed by atoms with E-state index in [1.54, 1.807) is 0 Å². The van der Waals surface area contributed by atoms with Gasteiger partial charge in [0.2, 0.25) is 0 Å². The molecule has 1 aliphatic carbocycles. The van der Waals surface area contributed by atoms with Crippen molar-refractivity contribution in [1.29, 1.82) is 0 Å². The summed E-state index contributed by atoms with van der Waals surface area (Å²) < 4.78 is 4.96. The lowest BCUT2D eigenvalue weighted by Crippen LogP contribution is -2.20. The van der Waals surface area contributed by atoms with Crippen LogP contribution in [0.3, 0.4) is 0 Å². The lowest BCUT2D eigenvalue weighted by molar-refractivity contribution is -0.384. The van der Waals surface area contributed by atoms with Crippen molar-refractivity contribution in [1.82, 2.24) is 0 Å². The van der Waals surface area contributed by atoms with Gasteiger partial charge in [0.25, 0.3) is 5.69 Å². The molecular weight excluding hydrogens is 422 g/mol. The van der Waals surface area contributed by atoms with Crippen molar-refractivity contribution in [3.8, 4) is 0 Å². The first-order valence-corrected chi connectivity index (χ1v) is 10.1. The topological polar surface area (TPSA) is 93.5 Å². The molecule has 0 aliphatic heterocycles. The second kappa shape index (κ2) is 8.42. The summed E-state index contributed by atoms with van der Waals surface area (Å²) in [5.41, 5.74) is 1.71. The summed E-state index contributed by atoms with van der Waals surface area (Å²) in [4.78, 5) is 24.0. The number of nitro groups is 1. The van der Waals surface area contributed by atoms with Crippen LogP contribution in [0.25, 0.3) is 0 Å². The van der Waals surface area contributed by atoms with Gasteiger partial charge >= 0.3 is 5.97 Å². The van der Waals surface area contributed by atoms with Gasteiger partial charge < -0.3 is 15.4 Å². The number of hydrogen-bond acceptors (Lipinski definition) is 6. The molecular formula is C18H18ClN3O4S2. The number of anilines is 2. The van der Waals surface area contributed by atoms with E-state index in [4.69, 9.17) is 28.6 Å². The highest BCUT2D eigenvalue weighted by Crippen LogP contribution is 2.40. The molecule has 1 aromatic carbocycles. The van der Waals surface area contributed by atoms with Gasteiger partial charge in [-0.05, 0) is 49.0 Å². The molecule has 1 atom stereocenters. The van der Waals surface area contributed by atoms with Crippen molar-refractivity contribution >= 4 is 62.6 Å². The van der Waals surface area contributed by atoms with Crippen LogP contribution < -0.4 is 10.6 Å². The summed E-state index contributed by atoms with van der Waals surface area (Å²) in [6.07, 6.45) is 2.73. The number of thiocarbonyl (C=S) groups is 1. The number of nitrogens with one attached hydrogen (secondary N) is 2. The predicted octanol–water partition coefficient (Wildman–Crippen LogP) is 5.03. The molecule has 3 rings (SSSR count). The fourth-order valence-electron chi connectivity index (χ4n) is 3.14. The standard InChI is InChI=1S/C18H18ClN3O4S2/c1-9-3-5-11-14(7-9)28-16(15(11)17(23)26-2)21-18(27)20-13-8-10(22(24)25)4-6-12(13)19/h4,6,8-9H,3,5,7H2,1-2H3,(H2,20,21,27). The van der Waals surface area contributed by atoms with E-state index < -0.39 is 10.9 Å². The third-order valence-electron chi connectivity index (χ3n) is 4.54. The fraction of sp³-hybridized carbons (Fsp3) is 0.333. The van der Waals surface area contributed by atoms with Crippen molar-refractivity contribution < 1.29 is 14.5 Å². The van der Waals surface area contributed by atoms with Gasteiger partial charge in [-0.15, -0.1) is 11.3 Å². The zero-order valence-electron chi connectivity index (χ0n) is 15.2. The Morgan fingerprint density at radius 1 is 1.43 bits per heavy atom. The predicted molar refractivity (Wildman–Crippen MR) is 115 cm³/mol. The van der Waals surface area contributed by atoms with Crippen LogP contribution in [-0.2, 0) is 17.6 Å². The molecule has 0 saturated heterocycles. The Kier molecular flexibility index (Phi) is 6.17. The highest BCUT2D eigenvalue weighted by molar-refractivity contribution is 7.80. The van der Waals surface area contributed by atoms with Crippen LogP contribution in [0.2, 0.25) is 5.02 Å². The molecule has 0 fully saturated rings. The minimum Gasteiger partial charge on any atom is -0.465 e. The Bertz CT molecular complexity index is 961. The molecule has 0 radical (unpaired) electrons. The number of esters is 1. The number of nitrogens with zero attached hydrogens (tertiary/aromatic N) is 1. The highest BCUT2D eigenvalue weighted by atomic mass is 35.5. The molecule has 0 bridgehead atoms. The number of non-ortho nitro benzene ring substituents is 1. The Morgan fingerprint density at radius 2 is 2.18 bits per heavy atom. The van der Waals surface area contributed by atoms with Crippen LogP contribution in [0.4, 0.5) is 16.4 Å². The smallest absolute Gasteiger partial charge is 0.341 e. The summed E-state index contributed by atoms with van der Waals surface area (Å²) in [6.45, 7) is 2.18. The quantitative estimate of drug-likeness (QED) is 0.298. The number of hydrogen-bond donors (Lipinski definition) is 2. The van der Waals surface area contributed by atoms with Gasteiger partial charge in [0.1, 0.15) is 5.00 Å². The van der Waals surface area contributed by atoms with Crippen LogP contribution in [0.5, 0.6) is 0 Å². The Morgan fingerprint density at radius 3 is 2.86 bits per heavy atom. The lowest BCUT2D eigenvalue weighted by Gasteiger charge is -2.18. The molecule has 1 aromatic heterocycles. The number of methoxy groups -OCH3 is 1. The number of fused-ring (bicyclic) bond motifs is 1. The minimum absolute atomic E-state index is 0.106. The molecule has 148 valence electrons. The van der Waals surface area contributed by atoms with E-state index in [0.717, 1.165) is 29.7 Å². The molecule has 1 aliphatic rings. The maximum absolute atomic E-state index is 12.3. The summed E-state index contributed by atoms with van der Waals surface area (Å²) in [6, 6.07) is 4.04. The number of carbonyl (C=O) groups is 1. The molecule has 1 unspecified atom stereocenters. The summed E-state index contributed by atoms with van der Waals surface area (Å²) in [7, 11) is 1.35. The first-order chi connectivity index (χ1) is 13.3. The van der Waals surface area contributed by atoms with Crippen LogP contribution in [0.15, 0.2) is 18.2 Å². The Balaban J connectivity index is 1.86. The van der Waals surface area contributed by atoms with E-state index >= 15 is 0 Å². The molecule has 1 heterocycles. The second-order valence-electron chi connectivity index (χ2n) is 6.55. The van der Waals surface area contributed by atoms with Gasteiger partial charge in [0.15, 0.2) is 5.11 Å². The normalized spacial score (nSPS) is 15.5. The van der Waals surface area contributed by atoms with E-state index in [-0.39, 0.29) is 10.8 Å². The molecule has 2 aromatic rings. The average molecular weight is 440 g/mol. The number of halogens is 1. The molecule has 0 spiro atoms. The summed E-state index contributed by atoms with van der Waals surface area (Å²) in [5, 5.41) is 17.9. The van der Waals surface area contributed by atoms with Crippen molar-refractivity contribution in [2.24, 2.45) is 5.92 Å². The van der Waals surface area contributed by atoms with Crippen molar-refractivity contribution in [3.63, 3.8) is 0 Å². The van der Waals surface area contributed by atoms with Gasteiger partial charge in [0, 0.05) is 17.0 Å². The maximum Gasteiger partial charge on any atom is 0.341 e. The molecule has 7 nitrogen and oxygen atoms in total. The van der Waals surface area contributed by atoms with Crippen molar-refractivity contribution in [2.45, 2.75) is 26.2 Å². The molecule has 2 N–H and O–H groups in total. The monoisotopic (exact) mass is 439 g/mol. The average Bonchev–Trinajstić information content (AvgIpc) is 2.99. The van der Waals surface area contributed by atoms with E-state index in [1.165, 1.54) is 36.6 Å². The summed E-state index contributed by atoms with van der Waals surface area (Å²) >= 11 is 12.9. The van der Waals surface area contributed by atoms with E-state index in [2.05, 4.69) is 17.6 Å². The number of carbonyl (C=O) groups excluding carboxylic acids is 1. The van der Waals surface area contributed by atoms with Gasteiger partial charge in [0.05, 0.1) is 28.3 Å². The molecule has 10 heteroatoms. The molecule has 0 saturated carbocycles. The molecule has 28 heavy (non-hydrogen) atoms. The lowest BCUT2D eigenvalue weighted by atomic mass is 9.88. The van der Waals surface area contributed by atoms with E-state index in [9.17, 15) is 14.9 Å². The van der Waals surface area contributed by atoms with Gasteiger partial charge in [-0.3, -0.25) is 10.1 Å². The Labute approximate surface area is 176 Å². The highest BCUT2D eigenvalue weighted by Gasteiger charge is 2.28. The van der Waals surface area contributed by atoms with Gasteiger partial charge in [-0.1, -0.05) is 18.5 Å². The number of ether oxygens (including phenoxy) is 1. The number of rotatable bonds is 4. The number of nitro benzene ring substituents is 1. The van der Waals surface area contributed by atoms with Gasteiger partial charge in [-0.25, -0.2) is 4.79 Å². The third kappa shape index (κ3) is 4.26. The van der Waals surface area contributed by atoms with Crippen LogP contribution in [0.1, 0.15) is 34.1 Å². The van der Waals surface area contributed by atoms with E-state index in [0.29, 0.717) is 27.2 Å². The maximum atomic E-state index is 12.3. The van der Waals surface area contributed by atoms with Crippen LogP contribution in [0, 0.1) is 16.0 Å². The summed E-state index contributed by atoms with van der Waals surface area (Å²) in [5.74, 6) is 0.143. The first-order valence-electron chi connectivity index (χ1n) is 8.55. The fourth-order valence-corrected chi connectivity index (χ4v) is 4.98. The van der Waals surface area contributed by atoms with Crippen LogP contribution in [-0.4, -0.2) is 23.1 Å². The van der Waals surface area contributed by atoms with Gasteiger partial charge in [-0.2, -0.15) is 0 Å². The Hall–Kier alpha value is -2.23. The van der Waals surface area contributed by atoms with Crippen molar-refractivity contribution in [3.05, 3.63) is 49.3 Å². The minimum atomic E-state index is -0.512.